The third-order valence-electron chi connectivity index (χ3n) is 4.42. The largest absolute Gasteiger partial charge is 0.497 e. The zero-order chi connectivity index (χ0) is 19.3. The van der Waals surface area contributed by atoms with E-state index < -0.39 is 0 Å². The molecule has 0 spiro atoms. The minimum atomic E-state index is 0.323. The number of aromatic nitrogens is 2. The van der Waals surface area contributed by atoms with Crippen molar-refractivity contribution in [2.75, 3.05) is 18.2 Å². The number of rotatable bonds is 6. The number of fused-ring (bicyclic) bond motifs is 1. The van der Waals surface area contributed by atoms with Gasteiger partial charge in [-0.2, -0.15) is 4.98 Å². The van der Waals surface area contributed by atoms with Crippen LogP contribution in [0.25, 0.3) is 10.8 Å². The van der Waals surface area contributed by atoms with Gasteiger partial charge in [0.15, 0.2) is 5.82 Å². The van der Waals surface area contributed by atoms with E-state index in [9.17, 15) is 0 Å². The molecule has 6 heteroatoms. The summed E-state index contributed by atoms with van der Waals surface area (Å²) in [4.78, 5) is 8.44. The first-order chi connectivity index (χ1) is 13.7. The molecule has 4 rings (SSSR count). The molecule has 28 heavy (non-hydrogen) atoms. The Labute approximate surface area is 163 Å². The summed E-state index contributed by atoms with van der Waals surface area (Å²) in [6.45, 7) is 0.568. The van der Waals surface area contributed by atoms with Gasteiger partial charge < -0.3 is 20.5 Å². The van der Waals surface area contributed by atoms with Crippen LogP contribution in [0.5, 0.6) is 17.4 Å². The van der Waals surface area contributed by atoms with Crippen molar-refractivity contribution in [2.45, 2.75) is 6.54 Å². The highest BCUT2D eigenvalue weighted by Gasteiger charge is 2.12. The van der Waals surface area contributed by atoms with Crippen molar-refractivity contribution >= 4 is 22.3 Å². The van der Waals surface area contributed by atoms with Crippen molar-refractivity contribution < 1.29 is 9.47 Å². The summed E-state index contributed by atoms with van der Waals surface area (Å²) in [7, 11) is 1.65. The normalized spacial score (nSPS) is 10.6. The van der Waals surface area contributed by atoms with Crippen molar-refractivity contribution in [2.24, 2.45) is 0 Å². The molecule has 1 heterocycles. The van der Waals surface area contributed by atoms with Gasteiger partial charge in [-0.15, -0.1) is 0 Å². The van der Waals surface area contributed by atoms with Crippen LogP contribution in [0, 0.1) is 0 Å². The van der Waals surface area contributed by atoms with Crippen molar-refractivity contribution in [3.63, 3.8) is 0 Å². The lowest BCUT2D eigenvalue weighted by Gasteiger charge is -2.13. The van der Waals surface area contributed by atoms with Crippen LogP contribution in [-0.4, -0.2) is 17.1 Å². The average molecular weight is 372 g/mol. The van der Waals surface area contributed by atoms with Crippen molar-refractivity contribution in [1.29, 1.82) is 0 Å². The molecule has 0 unspecified atom stereocenters. The Morgan fingerprint density at radius 2 is 1.71 bits per heavy atom. The van der Waals surface area contributed by atoms with Gasteiger partial charge in [0.1, 0.15) is 23.5 Å². The second-order valence-electron chi connectivity index (χ2n) is 6.22. The number of nitrogens with zero attached hydrogens (tertiary/aromatic N) is 2. The molecule has 0 radical (unpaired) electrons. The van der Waals surface area contributed by atoms with Crippen molar-refractivity contribution in [1.82, 2.24) is 9.97 Å². The molecule has 3 N–H and O–H groups in total. The molecule has 0 atom stereocenters. The predicted molar refractivity (Wildman–Crippen MR) is 111 cm³/mol. The highest BCUT2D eigenvalue weighted by atomic mass is 16.5. The summed E-state index contributed by atoms with van der Waals surface area (Å²) in [5.74, 6) is 2.37. The quantitative estimate of drug-likeness (QED) is 0.514. The van der Waals surface area contributed by atoms with Crippen LogP contribution in [0.15, 0.2) is 73.1 Å². The van der Waals surface area contributed by atoms with Gasteiger partial charge in [-0.05, 0) is 29.1 Å². The molecule has 3 aromatic carbocycles. The number of hydrogen-bond acceptors (Lipinski definition) is 6. The monoisotopic (exact) mass is 372 g/mol. The molecule has 0 aliphatic heterocycles. The second kappa shape index (κ2) is 7.84. The standard InChI is InChI=1S/C22H20N4O2/c1-27-17-11-9-15(10-12-17)13-24-21-20(23)22(26-14-25-21)28-19-8-4-6-16-5-2-3-7-18(16)19/h2-12,14H,13,23H2,1H3,(H,24,25,26). The maximum absolute atomic E-state index is 6.25. The highest BCUT2D eigenvalue weighted by molar-refractivity contribution is 5.88. The van der Waals surface area contributed by atoms with Crippen molar-refractivity contribution in [3.8, 4) is 17.4 Å². The Morgan fingerprint density at radius 1 is 0.929 bits per heavy atom. The average Bonchev–Trinajstić information content (AvgIpc) is 2.75. The maximum Gasteiger partial charge on any atom is 0.248 e. The number of anilines is 2. The van der Waals surface area contributed by atoms with Gasteiger partial charge in [-0.1, -0.05) is 48.5 Å². The molecule has 0 saturated heterocycles. The number of nitrogens with one attached hydrogen (secondary N) is 1. The summed E-state index contributed by atoms with van der Waals surface area (Å²) in [6, 6.07) is 21.7. The maximum atomic E-state index is 6.25. The van der Waals surface area contributed by atoms with Crippen molar-refractivity contribution in [3.05, 3.63) is 78.6 Å². The Bertz CT molecular complexity index is 1090. The van der Waals surface area contributed by atoms with E-state index in [4.69, 9.17) is 15.2 Å². The van der Waals surface area contributed by atoms with Crippen LogP contribution < -0.4 is 20.5 Å². The number of methoxy groups -OCH3 is 1. The van der Waals surface area contributed by atoms with Gasteiger partial charge >= 0.3 is 0 Å². The van der Waals surface area contributed by atoms with Crippen LogP contribution in [0.3, 0.4) is 0 Å². The number of benzene rings is 3. The molecule has 4 aromatic rings. The Morgan fingerprint density at radius 3 is 2.54 bits per heavy atom. The van der Waals surface area contributed by atoms with E-state index >= 15 is 0 Å². The van der Waals surface area contributed by atoms with Gasteiger partial charge in [-0.25, -0.2) is 4.98 Å². The lowest BCUT2D eigenvalue weighted by molar-refractivity contribution is 0.414. The van der Waals surface area contributed by atoms with E-state index in [1.165, 1.54) is 6.33 Å². The number of nitrogens with two attached hydrogens (primary N) is 1. The lowest BCUT2D eigenvalue weighted by Crippen LogP contribution is -2.06. The van der Waals surface area contributed by atoms with Crippen LogP contribution >= 0.6 is 0 Å². The van der Waals surface area contributed by atoms with Gasteiger partial charge in [0, 0.05) is 11.9 Å². The molecule has 6 nitrogen and oxygen atoms in total. The van der Waals surface area contributed by atoms with E-state index in [1.807, 2.05) is 66.7 Å². The first kappa shape index (κ1) is 17.6. The molecule has 0 bridgehead atoms. The summed E-state index contributed by atoms with van der Waals surface area (Å²) in [5, 5.41) is 5.32. The van der Waals surface area contributed by atoms with E-state index in [1.54, 1.807) is 7.11 Å². The molecule has 140 valence electrons. The third kappa shape index (κ3) is 3.66. The summed E-state index contributed by atoms with van der Waals surface area (Å²) < 4.78 is 11.2. The van der Waals surface area contributed by atoms with Gasteiger partial charge in [0.2, 0.25) is 5.88 Å². The predicted octanol–water partition coefficient (Wildman–Crippen LogP) is 4.63. The molecule has 0 aliphatic carbocycles. The van der Waals surface area contributed by atoms with Gasteiger partial charge in [0.05, 0.1) is 7.11 Å². The zero-order valence-corrected chi connectivity index (χ0v) is 15.4. The van der Waals surface area contributed by atoms with E-state index in [0.29, 0.717) is 29.7 Å². The fraction of sp³-hybridized carbons (Fsp3) is 0.0909. The van der Waals surface area contributed by atoms with Gasteiger partial charge in [0.25, 0.3) is 0 Å². The fourth-order valence-electron chi connectivity index (χ4n) is 2.92. The van der Waals surface area contributed by atoms with Gasteiger partial charge in [-0.3, -0.25) is 0 Å². The fourth-order valence-corrected chi connectivity index (χ4v) is 2.92. The molecular formula is C22H20N4O2. The summed E-state index contributed by atoms with van der Waals surface area (Å²) >= 11 is 0. The molecular weight excluding hydrogens is 352 g/mol. The topological polar surface area (TPSA) is 82.3 Å². The third-order valence-corrected chi connectivity index (χ3v) is 4.42. The summed E-state index contributed by atoms with van der Waals surface area (Å²) in [5.41, 5.74) is 7.70. The number of ether oxygens (including phenoxy) is 2. The molecule has 0 saturated carbocycles. The minimum Gasteiger partial charge on any atom is -0.497 e. The second-order valence-corrected chi connectivity index (χ2v) is 6.22. The first-order valence-electron chi connectivity index (χ1n) is 8.87. The Balaban J connectivity index is 1.54. The van der Waals surface area contributed by atoms with Crippen LogP contribution in [-0.2, 0) is 6.54 Å². The minimum absolute atomic E-state index is 0.323. The van der Waals surface area contributed by atoms with E-state index in [0.717, 1.165) is 22.1 Å². The first-order valence-corrected chi connectivity index (χ1v) is 8.87. The lowest BCUT2D eigenvalue weighted by atomic mass is 10.1. The molecule has 0 amide bonds. The van der Waals surface area contributed by atoms with Crippen LogP contribution in [0.2, 0.25) is 0 Å². The van der Waals surface area contributed by atoms with Crippen LogP contribution in [0.1, 0.15) is 5.56 Å². The molecule has 0 aliphatic rings. The Kier molecular flexibility index (Phi) is 4.93. The van der Waals surface area contributed by atoms with Crippen LogP contribution in [0.4, 0.5) is 11.5 Å². The highest BCUT2D eigenvalue weighted by Crippen LogP contribution is 2.33. The SMILES string of the molecule is COc1ccc(CNc2ncnc(Oc3cccc4ccccc34)c2N)cc1. The number of hydrogen-bond donors (Lipinski definition) is 2. The molecule has 1 aromatic heterocycles. The Hall–Kier alpha value is -3.80. The van der Waals surface area contributed by atoms with E-state index in [-0.39, 0.29) is 0 Å². The number of nitrogen functional groups attached to an aromatic ring is 1. The van der Waals surface area contributed by atoms with E-state index in [2.05, 4.69) is 15.3 Å². The zero-order valence-electron chi connectivity index (χ0n) is 15.4. The summed E-state index contributed by atoms with van der Waals surface area (Å²) in [6.07, 6.45) is 1.44. The molecule has 0 fully saturated rings. The smallest absolute Gasteiger partial charge is 0.248 e.